The molecule has 1 saturated heterocycles. The van der Waals surface area contributed by atoms with Crippen molar-refractivity contribution in [3.05, 3.63) is 0 Å². The van der Waals surface area contributed by atoms with Gasteiger partial charge in [0.05, 0.1) is 0 Å². The zero-order valence-corrected chi connectivity index (χ0v) is 16.3. The van der Waals surface area contributed by atoms with Crippen LogP contribution < -0.4 is 0 Å². The Labute approximate surface area is 137 Å². The lowest BCUT2D eigenvalue weighted by molar-refractivity contribution is -0.186. The first-order chi connectivity index (χ1) is 9.98. The monoisotopic (exact) mass is 311 g/mol. The first-order valence-electron chi connectivity index (χ1n) is 8.99. The fourth-order valence-electron chi connectivity index (χ4n) is 4.71. The van der Waals surface area contributed by atoms with E-state index in [-0.39, 0.29) is 23.8 Å². The van der Waals surface area contributed by atoms with E-state index in [0.717, 1.165) is 0 Å². The van der Waals surface area contributed by atoms with Gasteiger partial charge in [-0.3, -0.25) is 0 Å². The maximum atomic E-state index is 12.8. The SMILES string of the molecule is CC(C)C1C(C(C)C)C(C(C)C)(C(C)C)OC(=O)N1C(C)C. The van der Waals surface area contributed by atoms with E-state index in [4.69, 9.17) is 4.74 Å². The molecular weight excluding hydrogens is 274 g/mol. The lowest BCUT2D eigenvalue weighted by atomic mass is 9.61. The van der Waals surface area contributed by atoms with Crippen LogP contribution in [0.4, 0.5) is 4.79 Å². The second-order valence-corrected chi connectivity index (χ2v) is 8.54. The van der Waals surface area contributed by atoms with Gasteiger partial charge >= 0.3 is 6.09 Å². The molecule has 1 heterocycles. The van der Waals surface area contributed by atoms with Crippen molar-refractivity contribution in [3.8, 4) is 0 Å². The van der Waals surface area contributed by atoms with Crippen LogP contribution in [-0.2, 0) is 4.74 Å². The van der Waals surface area contributed by atoms with Gasteiger partial charge in [-0.05, 0) is 37.5 Å². The van der Waals surface area contributed by atoms with Crippen LogP contribution in [-0.4, -0.2) is 28.7 Å². The van der Waals surface area contributed by atoms with E-state index < -0.39 is 0 Å². The molecule has 2 unspecified atom stereocenters. The van der Waals surface area contributed by atoms with Crippen molar-refractivity contribution in [1.82, 2.24) is 4.90 Å². The standard InChI is InChI=1S/C19H37NO2/c1-11(2)16-17(12(3)4)20(15(9)10)18(21)22-19(16,13(5)6)14(7)8/h11-17H,1-10H3. The lowest BCUT2D eigenvalue weighted by Crippen LogP contribution is -2.69. The molecule has 3 heteroatoms. The Morgan fingerprint density at radius 3 is 1.59 bits per heavy atom. The van der Waals surface area contributed by atoms with Crippen LogP contribution in [0.2, 0.25) is 0 Å². The molecule has 0 spiro atoms. The number of nitrogens with zero attached hydrogens (tertiary/aromatic N) is 1. The molecule has 0 bridgehead atoms. The molecule has 1 amide bonds. The molecule has 22 heavy (non-hydrogen) atoms. The summed E-state index contributed by atoms with van der Waals surface area (Å²) in [7, 11) is 0. The van der Waals surface area contributed by atoms with E-state index in [2.05, 4.69) is 69.2 Å². The Hall–Kier alpha value is -0.730. The highest BCUT2D eigenvalue weighted by molar-refractivity contribution is 5.70. The molecule has 130 valence electrons. The summed E-state index contributed by atoms with van der Waals surface area (Å²) in [4.78, 5) is 14.8. The van der Waals surface area contributed by atoms with Crippen molar-refractivity contribution >= 4 is 6.09 Å². The van der Waals surface area contributed by atoms with Crippen LogP contribution in [0.1, 0.15) is 69.2 Å². The van der Waals surface area contributed by atoms with E-state index in [0.29, 0.717) is 29.6 Å². The summed E-state index contributed by atoms with van der Waals surface area (Å²) >= 11 is 0. The fraction of sp³-hybridized carbons (Fsp3) is 0.947. The summed E-state index contributed by atoms with van der Waals surface area (Å²) < 4.78 is 6.21. The third-order valence-corrected chi connectivity index (χ3v) is 5.45. The average molecular weight is 312 g/mol. The van der Waals surface area contributed by atoms with E-state index in [9.17, 15) is 4.79 Å². The van der Waals surface area contributed by atoms with Gasteiger partial charge in [0.15, 0.2) is 0 Å². The largest absolute Gasteiger partial charge is 0.442 e. The summed E-state index contributed by atoms with van der Waals surface area (Å²) in [6.45, 7) is 22.0. The normalized spacial score (nSPS) is 25.8. The number of cyclic esters (lactones) is 1. The topological polar surface area (TPSA) is 29.5 Å². The minimum atomic E-state index is -0.383. The Kier molecular flexibility index (Phi) is 5.97. The Morgan fingerprint density at radius 1 is 0.864 bits per heavy atom. The summed E-state index contributed by atoms with van der Waals surface area (Å²) in [5, 5.41) is 0. The molecule has 0 aromatic carbocycles. The van der Waals surface area contributed by atoms with E-state index in [1.54, 1.807) is 0 Å². The number of carbonyl (C=O) groups is 1. The smallest absolute Gasteiger partial charge is 0.410 e. The van der Waals surface area contributed by atoms with Gasteiger partial charge in [0.1, 0.15) is 5.60 Å². The number of hydrogen-bond donors (Lipinski definition) is 0. The molecule has 0 aromatic rings. The van der Waals surface area contributed by atoms with Crippen molar-refractivity contribution in [2.45, 2.75) is 86.9 Å². The molecule has 1 fully saturated rings. The van der Waals surface area contributed by atoms with Crippen molar-refractivity contribution in [1.29, 1.82) is 0 Å². The van der Waals surface area contributed by atoms with Gasteiger partial charge in [-0.2, -0.15) is 0 Å². The number of amides is 1. The van der Waals surface area contributed by atoms with Gasteiger partial charge in [-0.15, -0.1) is 0 Å². The third kappa shape index (κ3) is 3.00. The van der Waals surface area contributed by atoms with Crippen molar-refractivity contribution in [3.63, 3.8) is 0 Å². The van der Waals surface area contributed by atoms with Crippen LogP contribution in [0, 0.1) is 29.6 Å². The van der Waals surface area contributed by atoms with E-state index >= 15 is 0 Å². The highest BCUT2D eigenvalue weighted by atomic mass is 16.6. The van der Waals surface area contributed by atoms with Crippen LogP contribution in [0.5, 0.6) is 0 Å². The van der Waals surface area contributed by atoms with Crippen molar-refractivity contribution in [2.24, 2.45) is 29.6 Å². The van der Waals surface area contributed by atoms with Gasteiger partial charge in [-0.1, -0.05) is 55.4 Å². The summed E-state index contributed by atoms with van der Waals surface area (Å²) in [6, 6.07) is 0.393. The molecule has 0 saturated carbocycles. The molecule has 0 radical (unpaired) electrons. The maximum Gasteiger partial charge on any atom is 0.410 e. The first-order valence-corrected chi connectivity index (χ1v) is 8.99. The molecule has 1 rings (SSSR count). The molecule has 2 atom stereocenters. The summed E-state index contributed by atoms with van der Waals surface area (Å²) in [5.74, 6) is 1.83. The number of rotatable bonds is 5. The lowest BCUT2D eigenvalue weighted by Gasteiger charge is -2.59. The summed E-state index contributed by atoms with van der Waals surface area (Å²) in [5.41, 5.74) is -0.383. The van der Waals surface area contributed by atoms with E-state index in [1.807, 2.05) is 4.90 Å². The molecule has 1 aliphatic heterocycles. The zero-order chi connectivity index (χ0) is 17.4. The Balaban J connectivity index is 3.53. The van der Waals surface area contributed by atoms with Gasteiger partial charge in [0, 0.05) is 18.0 Å². The fourth-order valence-corrected chi connectivity index (χ4v) is 4.71. The van der Waals surface area contributed by atoms with Gasteiger partial charge in [-0.25, -0.2) is 4.79 Å². The van der Waals surface area contributed by atoms with Crippen LogP contribution >= 0.6 is 0 Å². The zero-order valence-electron chi connectivity index (χ0n) is 16.3. The third-order valence-electron chi connectivity index (χ3n) is 5.45. The Bertz CT molecular complexity index is 377. The molecule has 3 nitrogen and oxygen atoms in total. The average Bonchev–Trinajstić information content (AvgIpc) is 2.35. The number of hydrogen-bond acceptors (Lipinski definition) is 2. The highest BCUT2D eigenvalue weighted by Gasteiger charge is 2.58. The predicted octanol–water partition coefficient (Wildman–Crippen LogP) is 5.19. The molecule has 1 aliphatic rings. The highest BCUT2D eigenvalue weighted by Crippen LogP contribution is 2.49. The van der Waals surface area contributed by atoms with Crippen LogP contribution in [0.25, 0.3) is 0 Å². The number of carbonyl (C=O) groups excluding carboxylic acids is 1. The van der Waals surface area contributed by atoms with Gasteiger partial charge < -0.3 is 9.64 Å². The van der Waals surface area contributed by atoms with Crippen LogP contribution in [0.3, 0.4) is 0 Å². The second kappa shape index (κ2) is 6.80. The van der Waals surface area contributed by atoms with Crippen molar-refractivity contribution in [2.75, 3.05) is 0 Å². The Morgan fingerprint density at radius 2 is 1.32 bits per heavy atom. The second-order valence-electron chi connectivity index (χ2n) is 8.54. The maximum absolute atomic E-state index is 12.8. The first kappa shape index (κ1) is 19.3. The number of ether oxygens (including phenoxy) is 1. The molecular formula is C19H37NO2. The minimum absolute atomic E-state index is 0.131. The van der Waals surface area contributed by atoms with E-state index in [1.165, 1.54) is 0 Å². The van der Waals surface area contributed by atoms with Gasteiger partial charge in [0.2, 0.25) is 0 Å². The quantitative estimate of drug-likeness (QED) is 0.699. The van der Waals surface area contributed by atoms with Crippen LogP contribution in [0.15, 0.2) is 0 Å². The predicted molar refractivity (Wildman–Crippen MR) is 92.8 cm³/mol. The van der Waals surface area contributed by atoms with Gasteiger partial charge in [0.25, 0.3) is 0 Å². The molecule has 0 N–H and O–H groups in total. The minimum Gasteiger partial charge on any atom is -0.442 e. The molecule has 0 aromatic heterocycles. The summed E-state index contributed by atoms with van der Waals surface area (Å²) in [6.07, 6.45) is -0.131. The molecule has 0 aliphatic carbocycles. The van der Waals surface area contributed by atoms with Crippen molar-refractivity contribution < 1.29 is 9.53 Å².